The molecule has 0 spiro atoms. The van der Waals surface area contributed by atoms with Crippen LogP contribution in [0, 0.1) is 0 Å². The van der Waals surface area contributed by atoms with Gasteiger partial charge in [-0.05, 0) is 42.8 Å². The zero-order chi connectivity index (χ0) is 19.7. The van der Waals surface area contributed by atoms with Gasteiger partial charge in [0, 0.05) is 18.7 Å². The molecule has 1 aromatic heterocycles. The number of carbonyl (C=O) groups is 1. The highest BCUT2D eigenvalue weighted by molar-refractivity contribution is 7.91. The van der Waals surface area contributed by atoms with Crippen molar-refractivity contribution in [3.8, 4) is 16.3 Å². The van der Waals surface area contributed by atoms with Gasteiger partial charge in [0.2, 0.25) is 0 Å². The van der Waals surface area contributed by atoms with Crippen molar-refractivity contribution in [2.75, 3.05) is 25.2 Å². The van der Waals surface area contributed by atoms with Crippen LogP contribution in [0.2, 0.25) is 0 Å². The van der Waals surface area contributed by atoms with Crippen LogP contribution < -0.4 is 4.74 Å². The molecule has 0 N–H and O–H groups in total. The van der Waals surface area contributed by atoms with Crippen molar-refractivity contribution >= 4 is 37.3 Å². The van der Waals surface area contributed by atoms with E-state index < -0.39 is 9.84 Å². The first-order valence-corrected chi connectivity index (χ1v) is 11.6. The number of fused-ring (bicyclic) bond motifs is 1. The van der Waals surface area contributed by atoms with Gasteiger partial charge in [-0.2, -0.15) is 0 Å². The molecule has 1 aliphatic rings. The third-order valence-electron chi connectivity index (χ3n) is 4.91. The molecule has 28 heavy (non-hydrogen) atoms. The van der Waals surface area contributed by atoms with Gasteiger partial charge in [-0.15, -0.1) is 11.3 Å². The van der Waals surface area contributed by atoms with Crippen LogP contribution in [0.5, 0.6) is 5.75 Å². The molecule has 1 atom stereocenters. The number of nitrogens with zero attached hydrogens (tertiary/aromatic N) is 2. The first-order valence-electron chi connectivity index (χ1n) is 8.96. The van der Waals surface area contributed by atoms with E-state index in [1.165, 1.54) is 4.90 Å². The van der Waals surface area contributed by atoms with E-state index in [0.717, 1.165) is 20.8 Å². The van der Waals surface area contributed by atoms with Crippen LogP contribution in [0.15, 0.2) is 48.5 Å². The normalized spacial score (nSPS) is 18.2. The van der Waals surface area contributed by atoms with Crippen molar-refractivity contribution < 1.29 is 17.9 Å². The summed E-state index contributed by atoms with van der Waals surface area (Å²) >= 11 is 1.63. The van der Waals surface area contributed by atoms with Gasteiger partial charge in [-0.1, -0.05) is 12.1 Å². The summed E-state index contributed by atoms with van der Waals surface area (Å²) in [7, 11) is -1.39. The van der Waals surface area contributed by atoms with E-state index in [0.29, 0.717) is 12.2 Å². The minimum absolute atomic E-state index is 0.0338. The molecule has 0 radical (unpaired) electrons. The SMILES string of the molecule is CN(C(=O)COc1ccc(-c2nc3ccccc3s2)cc1)[C@@H]1CCS(=O)(=O)C1. The maximum Gasteiger partial charge on any atom is 0.260 e. The number of benzene rings is 2. The summed E-state index contributed by atoms with van der Waals surface area (Å²) in [6.45, 7) is -0.118. The number of hydrogen-bond donors (Lipinski definition) is 0. The Hall–Kier alpha value is -2.45. The van der Waals surface area contributed by atoms with Crippen LogP contribution in [0.4, 0.5) is 0 Å². The average molecular weight is 417 g/mol. The van der Waals surface area contributed by atoms with Gasteiger partial charge < -0.3 is 9.64 Å². The number of hydrogen-bond acceptors (Lipinski definition) is 6. The number of amides is 1. The molecule has 0 aliphatic carbocycles. The van der Waals surface area contributed by atoms with E-state index in [1.807, 2.05) is 48.5 Å². The molecule has 1 aliphatic heterocycles. The Morgan fingerprint density at radius 2 is 1.96 bits per heavy atom. The minimum Gasteiger partial charge on any atom is -0.484 e. The molecule has 2 heterocycles. The summed E-state index contributed by atoms with van der Waals surface area (Å²) in [6.07, 6.45) is 0.488. The molecule has 2 aromatic carbocycles. The van der Waals surface area contributed by atoms with Crippen LogP contribution >= 0.6 is 11.3 Å². The number of carbonyl (C=O) groups excluding carboxylic acids is 1. The van der Waals surface area contributed by atoms with Crippen molar-refractivity contribution in [1.29, 1.82) is 0 Å². The number of aromatic nitrogens is 1. The molecule has 1 fully saturated rings. The van der Waals surface area contributed by atoms with Crippen molar-refractivity contribution in [3.63, 3.8) is 0 Å². The number of thiazole rings is 1. The third-order valence-corrected chi connectivity index (χ3v) is 7.74. The Morgan fingerprint density at radius 3 is 2.64 bits per heavy atom. The molecule has 1 amide bonds. The Bertz CT molecular complexity index is 1070. The molecule has 6 nitrogen and oxygen atoms in total. The fraction of sp³-hybridized carbons (Fsp3) is 0.300. The van der Waals surface area contributed by atoms with E-state index in [9.17, 15) is 13.2 Å². The maximum absolute atomic E-state index is 12.3. The van der Waals surface area contributed by atoms with Crippen molar-refractivity contribution in [2.45, 2.75) is 12.5 Å². The number of rotatable bonds is 5. The lowest BCUT2D eigenvalue weighted by molar-refractivity contribution is -0.133. The van der Waals surface area contributed by atoms with E-state index in [4.69, 9.17) is 4.74 Å². The molecule has 0 bridgehead atoms. The lowest BCUT2D eigenvalue weighted by Crippen LogP contribution is -2.40. The number of likely N-dealkylation sites (N-methyl/N-ethyl adjacent to an activating group) is 1. The summed E-state index contributed by atoms with van der Waals surface area (Å²) in [4.78, 5) is 18.4. The largest absolute Gasteiger partial charge is 0.484 e. The van der Waals surface area contributed by atoms with Gasteiger partial charge in [0.05, 0.1) is 21.7 Å². The van der Waals surface area contributed by atoms with Gasteiger partial charge in [-0.3, -0.25) is 4.79 Å². The molecule has 146 valence electrons. The second kappa shape index (κ2) is 7.52. The lowest BCUT2D eigenvalue weighted by Gasteiger charge is -2.23. The Kier molecular flexibility index (Phi) is 5.07. The molecule has 8 heteroatoms. The highest BCUT2D eigenvalue weighted by atomic mass is 32.2. The molecule has 0 saturated carbocycles. The van der Waals surface area contributed by atoms with Gasteiger partial charge >= 0.3 is 0 Å². The Morgan fingerprint density at radius 1 is 1.21 bits per heavy atom. The predicted octanol–water partition coefficient (Wildman–Crippen LogP) is 2.99. The molecule has 4 rings (SSSR count). The van der Waals surface area contributed by atoms with E-state index in [2.05, 4.69) is 4.98 Å². The first kappa shape index (κ1) is 18.9. The summed E-state index contributed by atoms with van der Waals surface area (Å²) in [5, 5.41) is 0.936. The minimum atomic E-state index is -3.02. The summed E-state index contributed by atoms with van der Waals surface area (Å²) in [6, 6.07) is 15.2. The highest BCUT2D eigenvalue weighted by Gasteiger charge is 2.32. The van der Waals surface area contributed by atoms with Crippen LogP contribution in [0.3, 0.4) is 0 Å². The number of para-hydroxylation sites is 1. The van der Waals surface area contributed by atoms with Crippen molar-refractivity contribution in [2.24, 2.45) is 0 Å². The van der Waals surface area contributed by atoms with E-state index >= 15 is 0 Å². The molecule has 3 aromatic rings. The van der Waals surface area contributed by atoms with Gasteiger partial charge in [0.25, 0.3) is 5.91 Å². The molecular weight excluding hydrogens is 396 g/mol. The van der Waals surface area contributed by atoms with Crippen LogP contribution in [-0.2, 0) is 14.6 Å². The van der Waals surface area contributed by atoms with Gasteiger partial charge in [0.1, 0.15) is 10.8 Å². The zero-order valence-corrected chi connectivity index (χ0v) is 17.0. The summed E-state index contributed by atoms with van der Waals surface area (Å²) in [5.74, 6) is 0.540. The number of sulfone groups is 1. The van der Waals surface area contributed by atoms with Gasteiger partial charge in [0.15, 0.2) is 16.4 Å². The fourth-order valence-corrected chi connectivity index (χ4v) is 5.97. The van der Waals surface area contributed by atoms with Crippen LogP contribution in [-0.4, -0.2) is 55.4 Å². The zero-order valence-electron chi connectivity index (χ0n) is 15.4. The molecule has 1 saturated heterocycles. The molecule has 0 unspecified atom stereocenters. The second-order valence-corrected chi connectivity index (χ2v) is 10.1. The van der Waals surface area contributed by atoms with Crippen molar-refractivity contribution in [1.82, 2.24) is 9.88 Å². The molecular formula is C20H20N2O4S2. The summed E-state index contributed by atoms with van der Waals surface area (Å²) < 4.78 is 29.9. The quantitative estimate of drug-likeness (QED) is 0.639. The maximum atomic E-state index is 12.3. The monoisotopic (exact) mass is 416 g/mol. The Balaban J connectivity index is 1.37. The van der Waals surface area contributed by atoms with Crippen molar-refractivity contribution in [3.05, 3.63) is 48.5 Å². The highest BCUT2D eigenvalue weighted by Crippen LogP contribution is 2.30. The number of ether oxygens (including phenoxy) is 1. The first-order chi connectivity index (χ1) is 13.4. The smallest absolute Gasteiger partial charge is 0.260 e. The lowest BCUT2D eigenvalue weighted by atomic mass is 10.2. The van der Waals surface area contributed by atoms with E-state index in [-0.39, 0.29) is 30.1 Å². The van der Waals surface area contributed by atoms with E-state index in [1.54, 1.807) is 18.4 Å². The second-order valence-electron chi connectivity index (χ2n) is 6.86. The van der Waals surface area contributed by atoms with Crippen LogP contribution in [0.25, 0.3) is 20.8 Å². The van der Waals surface area contributed by atoms with Crippen LogP contribution in [0.1, 0.15) is 6.42 Å². The Labute approximate surface area is 167 Å². The summed E-state index contributed by atoms with van der Waals surface area (Å²) in [5.41, 5.74) is 1.97. The standard InChI is InChI=1S/C20H20N2O4S2/c1-22(15-10-11-28(24,25)13-15)19(23)12-26-16-8-6-14(7-9-16)20-21-17-4-2-3-5-18(17)27-20/h2-9,15H,10-13H2,1H3/t15-/m1/s1. The van der Waals surface area contributed by atoms with Gasteiger partial charge in [-0.25, -0.2) is 13.4 Å². The third kappa shape index (κ3) is 4.02. The average Bonchev–Trinajstić information content (AvgIpc) is 3.28. The topological polar surface area (TPSA) is 76.6 Å². The fourth-order valence-electron chi connectivity index (χ4n) is 3.22. The predicted molar refractivity (Wildman–Crippen MR) is 110 cm³/mol.